The number of methoxy groups -OCH3 is 2. The number of benzene rings is 2. The van der Waals surface area contributed by atoms with Crippen LogP contribution >= 0.6 is 0 Å². The molecule has 2 aromatic rings. The van der Waals surface area contributed by atoms with Crippen LogP contribution in [0.15, 0.2) is 47.4 Å². The zero-order chi connectivity index (χ0) is 18.7. The van der Waals surface area contributed by atoms with E-state index in [0.29, 0.717) is 5.75 Å². The summed E-state index contributed by atoms with van der Waals surface area (Å²) >= 11 is 0. The van der Waals surface area contributed by atoms with Crippen molar-refractivity contribution in [3.63, 3.8) is 0 Å². The summed E-state index contributed by atoms with van der Waals surface area (Å²) in [5.41, 5.74) is 0.726. The van der Waals surface area contributed by atoms with Crippen LogP contribution in [-0.2, 0) is 14.8 Å². The van der Waals surface area contributed by atoms with Crippen molar-refractivity contribution in [2.24, 2.45) is 0 Å². The Morgan fingerprint density at radius 2 is 1.85 bits per heavy atom. The minimum Gasteiger partial charge on any atom is -0.497 e. The average molecular weight is 381 g/mol. The van der Waals surface area contributed by atoms with Crippen molar-refractivity contribution in [3.8, 4) is 11.5 Å². The number of rotatable bonds is 5. The van der Waals surface area contributed by atoms with Crippen LogP contribution in [0.3, 0.4) is 0 Å². The third-order valence-electron chi connectivity index (χ3n) is 4.26. The molecule has 0 N–H and O–H groups in total. The van der Waals surface area contributed by atoms with Crippen LogP contribution in [0.2, 0.25) is 0 Å². The molecule has 0 radical (unpaired) electrons. The van der Waals surface area contributed by atoms with Crippen molar-refractivity contribution in [2.75, 3.05) is 33.9 Å². The Balaban J connectivity index is 1.90. The monoisotopic (exact) mass is 381 g/mol. The Kier molecular flexibility index (Phi) is 5.45. The Labute approximate surface area is 152 Å². The fraction of sp³-hybridized carbons (Fsp3) is 0.333. The van der Waals surface area contributed by atoms with Gasteiger partial charge >= 0.3 is 0 Å². The molecule has 1 heterocycles. The number of hydrogen-bond donors (Lipinski definition) is 0. The smallest absolute Gasteiger partial charge is 0.247 e. The predicted molar refractivity (Wildman–Crippen MR) is 93.4 cm³/mol. The van der Waals surface area contributed by atoms with E-state index < -0.39 is 16.1 Å². The molecule has 2 aromatic carbocycles. The number of morpholine rings is 1. The molecule has 140 valence electrons. The second-order valence-corrected chi connectivity index (χ2v) is 7.70. The van der Waals surface area contributed by atoms with E-state index >= 15 is 0 Å². The molecule has 6 nitrogen and oxygen atoms in total. The Morgan fingerprint density at radius 3 is 2.50 bits per heavy atom. The van der Waals surface area contributed by atoms with Gasteiger partial charge in [-0.1, -0.05) is 12.1 Å². The van der Waals surface area contributed by atoms with Gasteiger partial charge in [0.25, 0.3) is 0 Å². The van der Waals surface area contributed by atoms with Crippen molar-refractivity contribution in [3.05, 3.63) is 53.8 Å². The molecule has 0 aliphatic carbocycles. The highest BCUT2D eigenvalue weighted by Crippen LogP contribution is 2.33. The normalized spacial score (nSPS) is 18.5. The topological polar surface area (TPSA) is 65.1 Å². The maximum Gasteiger partial charge on any atom is 0.247 e. The van der Waals surface area contributed by atoms with Crippen LogP contribution in [0.1, 0.15) is 11.7 Å². The SMILES string of the molecule is COc1ccc(OC)c(S(=O)(=O)N2CCOC(c3ccc(F)cc3)C2)c1. The van der Waals surface area contributed by atoms with Crippen LogP contribution in [0.5, 0.6) is 11.5 Å². The molecule has 1 aliphatic rings. The highest BCUT2D eigenvalue weighted by atomic mass is 32.2. The number of hydrogen-bond acceptors (Lipinski definition) is 5. The molecule has 1 atom stereocenters. The lowest BCUT2D eigenvalue weighted by molar-refractivity contribution is -0.00262. The quantitative estimate of drug-likeness (QED) is 0.797. The third-order valence-corrected chi connectivity index (χ3v) is 6.15. The number of nitrogens with zero attached hydrogens (tertiary/aromatic N) is 1. The summed E-state index contributed by atoms with van der Waals surface area (Å²) in [6.07, 6.45) is -0.462. The molecule has 26 heavy (non-hydrogen) atoms. The summed E-state index contributed by atoms with van der Waals surface area (Å²) in [6, 6.07) is 10.5. The number of sulfonamides is 1. The van der Waals surface area contributed by atoms with Gasteiger partial charge in [-0.15, -0.1) is 0 Å². The molecule has 0 spiro atoms. The number of halogens is 1. The molecule has 0 saturated carbocycles. The summed E-state index contributed by atoms with van der Waals surface area (Å²) in [6.45, 7) is 0.599. The van der Waals surface area contributed by atoms with Crippen molar-refractivity contribution < 1.29 is 27.0 Å². The summed E-state index contributed by atoms with van der Waals surface area (Å²) in [7, 11) is -0.924. The fourth-order valence-corrected chi connectivity index (χ4v) is 4.44. The van der Waals surface area contributed by atoms with E-state index in [0.717, 1.165) is 5.56 Å². The molecule has 0 amide bonds. The van der Waals surface area contributed by atoms with Gasteiger partial charge in [0.05, 0.1) is 26.9 Å². The van der Waals surface area contributed by atoms with Crippen molar-refractivity contribution in [1.82, 2.24) is 4.31 Å². The van der Waals surface area contributed by atoms with Gasteiger partial charge in [-0.3, -0.25) is 0 Å². The summed E-state index contributed by atoms with van der Waals surface area (Å²) < 4.78 is 56.8. The second-order valence-electron chi connectivity index (χ2n) is 5.79. The van der Waals surface area contributed by atoms with Crippen molar-refractivity contribution >= 4 is 10.0 Å². The first-order chi connectivity index (χ1) is 12.5. The molecule has 1 aliphatic heterocycles. The largest absolute Gasteiger partial charge is 0.497 e. The van der Waals surface area contributed by atoms with Gasteiger partial charge in [-0.2, -0.15) is 4.31 Å². The predicted octanol–water partition coefficient (Wildman–Crippen LogP) is 2.61. The standard InChI is InChI=1S/C18H20FNO5S/c1-23-15-7-8-16(24-2)18(11-15)26(21,22)20-9-10-25-17(12-20)13-3-5-14(19)6-4-13/h3-8,11,17H,9-10,12H2,1-2H3. The summed E-state index contributed by atoms with van der Waals surface area (Å²) in [4.78, 5) is 0.0408. The first-order valence-corrected chi connectivity index (χ1v) is 9.49. The average Bonchev–Trinajstić information content (AvgIpc) is 2.68. The van der Waals surface area contributed by atoms with Gasteiger partial charge in [0.15, 0.2) is 0 Å². The van der Waals surface area contributed by atoms with Crippen LogP contribution in [0.25, 0.3) is 0 Å². The second kappa shape index (κ2) is 7.61. The molecule has 1 fully saturated rings. The van der Waals surface area contributed by atoms with E-state index in [2.05, 4.69) is 0 Å². The lowest BCUT2D eigenvalue weighted by atomic mass is 10.1. The van der Waals surface area contributed by atoms with Crippen molar-refractivity contribution in [1.29, 1.82) is 0 Å². The van der Waals surface area contributed by atoms with E-state index in [1.807, 2.05) is 0 Å². The molecule has 8 heteroatoms. The van der Waals surface area contributed by atoms with Crippen LogP contribution < -0.4 is 9.47 Å². The number of ether oxygens (including phenoxy) is 3. The Bertz CT molecular complexity index is 870. The first kappa shape index (κ1) is 18.6. The maximum atomic E-state index is 13.1. The third kappa shape index (κ3) is 3.67. The van der Waals surface area contributed by atoms with Crippen LogP contribution in [-0.4, -0.2) is 46.6 Å². The molecular formula is C18H20FNO5S. The van der Waals surface area contributed by atoms with E-state index in [1.54, 1.807) is 24.3 Å². The molecule has 1 unspecified atom stereocenters. The van der Waals surface area contributed by atoms with Gasteiger partial charge in [0.2, 0.25) is 10.0 Å². The molecular weight excluding hydrogens is 361 g/mol. The van der Waals surface area contributed by atoms with Gasteiger partial charge in [0.1, 0.15) is 22.2 Å². The van der Waals surface area contributed by atoms with E-state index in [4.69, 9.17) is 14.2 Å². The van der Waals surface area contributed by atoms with Crippen LogP contribution in [0.4, 0.5) is 4.39 Å². The van der Waals surface area contributed by atoms with E-state index in [9.17, 15) is 12.8 Å². The van der Waals surface area contributed by atoms with Gasteiger partial charge in [-0.25, -0.2) is 12.8 Å². The zero-order valence-electron chi connectivity index (χ0n) is 14.5. The Morgan fingerprint density at radius 1 is 1.12 bits per heavy atom. The van der Waals surface area contributed by atoms with E-state index in [-0.39, 0.29) is 36.2 Å². The highest BCUT2D eigenvalue weighted by molar-refractivity contribution is 7.89. The van der Waals surface area contributed by atoms with Gasteiger partial charge < -0.3 is 14.2 Å². The van der Waals surface area contributed by atoms with Gasteiger partial charge in [-0.05, 0) is 29.8 Å². The Hall–Kier alpha value is -2.16. The lowest BCUT2D eigenvalue weighted by Crippen LogP contribution is -2.42. The zero-order valence-corrected chi connectivity index (χ0v) is 15.3. The summed E-state index contributed by atoms with van der Waals surface area (Å²) in [5, 5.41) is 0. The first-order valence-electron chi connectivity index (χ1n) is 8.05. The maximum absolute atomic E-state index is 13.1. The van der Waals surface area contributed by atoms with Crippen molar-refractivity contribution in [2.45, 2.75) is 11.0 Å². The molecule has 3 rings (SSSR count). The molecule has 0 bridgehead atoms. The highest BCUT2D eigenvalue weighted by Gasteiger charge is 2.33. The molecule has 0 aromatic heterocycles. The minimum atomic E-state index is -3.81. The summed E-state index contributed by atoms with van der Waals surface area (Å²) in [5.74, 6) is 0.318. The molecule has 1 saturated heterocycles. The van der Waals surface area contributed by atoms with E-state index in [1.165, 1.54) is 36.7 Å². The fourth-order valence-electron chi connectivity index (χ4n) is 2.85. The van der Waals surface area contributed by atoms with Gasteiger partial charge in [0, 0.05) is 19.2 Å². The minimum absolute atomic E-state index is 0.0408. The van der Waals surface area contributed by atoms with Crippen LogP contribution in [0, 0.1) is 5.82 Å². The lowest BCUT2D eigenvalue weighted by Gasteiger charge is -2.32.